The third-order valence-electron chi connectivity index (χ3n) is 2.87. The Morgan fingerprint density at radius 1 is 1.30 bits per heavy atom. The predicted octanol–water partition coefficient (Wildman–Crippen LogP) is 1.71. The highest BCUT2D eigenvalue weighted by molar-refractivity contribution is 5.83. The molecule has 0 radical (unpaired) electrons. The molecule has 56 valence electrons. The lowest BCUT2D eigenvalue weighted by molar-refractivity contribution is -0.134. The molecule has 10 heavy (non-hydrogen) atoms. The molecule has 0 heterocycles. The summed E-state index contributed by atoms with van der Waals surface area (Å²) in [4.78, 5) is 11.0. The van der Waals surface area contributed by atoms with E-state index in [-0.39, 0.29) is 11.8 Å². The van der Waals surface area contributed by atoms with E-state index in [1.807, 2.05) is 0 Å². The molecule has 0 spiro atoms. The molecule has 0 N–H and O–H groups in total. The molecule has 2 aliphatic carbocycles. The number of carbonyl (C=O) groups excluding carboxylic acids is 1. The minimum absolute atomic E-state index is 0.112. The SMILES string of the molecule is O=C1CCC(F)C2CCC12. The molecular formula is C8H11FO. The average Bonchev–Trinajstić information content (AvgIpc) is 1.78. The first kappa shape index (κ1) is 6.32. The maximum Gasteiger partial charge on any atom is 0.136 e. The Labute approximate surface area is 59.6 Å². The van der Waals surface area contributed by atoms with Crippen LogP contribution in [0.25, 0.3) is 0 Å². The van der Waals surface area contributed by atoms with Crippen LogP contribution in [0.1, 0.15) is 25.7 Å². The third kappa shape index (κ3) is 0.710. The normalized spacial score (nSPS) is 46.1. The zero-order chi connectivity index (χ0) is 7.14. The summed E-state index contributed by atoms with van der Waals surface area (Å²) >= 11 is 0. The molecule has 2 aliphatic rings. The van der Waals surface area contributed by atoms with Gasteiger partial charge in [0, 0.05) is 12.3 Å². The minimum atomic E-state index is -0.670. The molecule has 0 aromatic heterocycles. The first-order valence-corrected chi connectivity index (χ1v) is 3.96. The summed E-state index contributed by atoms with van der Waals surface area (Å²) in [6.07, 6.45) is 2.19. The van der Waals surface area contributed by atoms with Crippen molar-refractivity contribution >= 4 is 5.78 Å². The fourth-order valence-corrected chi connectivity index (χ4v) is 2.04. The lowest BCUT2D eigenvalue weighted by Crippen LogP contribution is -2.43. The van der Waals surface area contributed by atoms with E-state index in [1.54, 1.807) is 0 Å². The second kappa shape index (κ2) is 2.04. The van der Waals surface area contributed by atoms with E-state index < -0.39 is 6.17 Å². The van der Waals surface area contributed by atoms with E-state index >= 15 is 0 Å². The Morgan fingerprint density at radius 2 is 2.10 bits per heavy atom. The molecule has 3 unspecified atom stereocenters. The van der Waals surface area contributed by atoms with Gasteiger partial charge >= 0.3 is 0 Å². The van der Waals surface area contributed by atoms with Crippen LogP contribution in [0.5, 0.6) is 0 Å². The van der Waals surface area contributed by atoms with Crippen LogP contribution >= 0.6 is 0 Å². The number of halogens is 1. The van der Waals surface area contributed by atoms with Gasteiger partial charge in [0.15, 0.2) is 0 Å². The fraction of sp³-hybridized carbons (Fsp3) is 0.875. The zero-order valence-corrected chi connectivity index (χ0v) is 5.85. The van der Waals surface area contributed by atoms with Gasteiger partial charge in [0.2, 0.25) is 0 Å². The number of hydrogen-bond acceptors (Lipinski definition) is 1. The molecule has 0 aliphatic heterocycles. The van der Waals surface area contributed by atoms with Crippen LogP contribution in [0.2, 0.25) is 0 Å². The second-order valence-electron chi connectivity index (χ2n) is 3.37. The number of alkyl halides is 1. The number of rotatable bonds is 0. The number of hydrogen-bond donors (Lipinski definition) is 0. The first-order chi connectivity index (χ1) is 4.79. The molecule has 0 aromatic carbocycles. The number of carbonyl (C=O) groups is 1. The molecule has 3 atom stereocenters. The van der Waals surface area contributed by atoms with Gasteiger partial charge < -0.3 is 0 Å². The topological polar surface area (TPSA) is 17.1 Å². The average molecular weight is 142 g/mol. The van der Waals surface area contributed by atoms with Gasteiger partial charge in [0.05, 0.1) is 0 Å². The van der Waals surface area contributed by atoms with Gasteiger partial charge in [-0.25, -0.2) is 4.39 Å². The lowest BCUT2D eigenvalue weighted by Gasteiger charge is -2.41. The van der Waals surface area contributed by atoms with E-state index in [0.29, 0.717) is 18.6 Å². The summed E-state index contributed by atoms with van der Waals surface area (Å²) in [6.45, 7) is 0. The molecule has 2 rings (SSSR count). The Balaban J connectivity index is 2.09. The Hall–Kier alpha value is -0.400. The van der Waals surface area contributed by atoms with Gasteiger partial charge in [-0.2, -0.15) is 0 Å². The van der Waals surface area contributed by atoms with Crippen molar-refractivity contribution in [3.05, 3.63) is 0 Å². The number of Topliss-reactive ketones (excluding diaryl/α,β-unsaturated/α-hetero) is 1. The maximum atomic E-state index is 12.9. The van der Waals surface area contributed by atoms with Crippen LogP contribution in [0.4, 0.5) is 4.39 Å². The van der Waals surface area contributed by atoms with Gasteiger partial charge in [-0.1, -0.05) is 0 Å². The summed E-state index contributed by atoms with van der Waals surface area (Å²) in [6, 6.07) is 0. The van der Waals surface area contributed by atoms with E-state index in [1.165, 1.54) is 0 Å². The van der Waals surface area contributed by atoms with Gasteiger partial charge in [-0.3, -0.25) is 4.79 Å². The smallest absolute Gasteiger partial charge is 0.136 e. The molecule has 1 nitrogen and oxygen atoms in total. The van der Waals surface area contributed by atoms with Crippen molar-refractivity contribution in [2.75, 3.05) is 0 Å². The summed E-state index contributed by atoms with van der Waals surface area (Å²) in [5.74, 6) is 0.537. The first-order valence-electron chi connectivity index (χ1n) is 3.96. The van der Waals surface area contributed by atoms with Crippen molar-refractivity contribution < 1.29 is 9.18 Å². The molecule has 0 amide bonds. The van der Waals surface area contributed by atoms with E-state index in [4.69, 9.17) is 0 Å². The highest BCUT2D eigenvalue weighted by atomic mass is 19.1. The Kier molecular flexibility index (Phi) is 1.29. The monoisotopic (exact) mass is 142 g/mol. The third-order valence-corrected chi connectivity index (χ3v) is 2.87. The minimum Gasteiger partial charge on any atom is -0.299 e. The van der Waals surface area contributed by atoms with Crippen LogP contribution in [-0.2, 0) is 4.79 Å². The van der Waals surface area contributed by atoms with Crippen molar-refractivity contribution in [3.63, 3.8) is 0 Å². The predicted molar refractivity (Wildman–Crippen MR) is 35.4 cm³/mol. The molecule has 2 heteroatoms. The zero-order valence-electron chi connectivity index (χ0n) is 5.85. The van der Waals surface area contributed by atoms with Gasteiger partial charge in [-0.15, -0.1) is 0 Å². The molecule has 0 saturated heterocycles. The van der Waals surface area contributed by atoms with Crippen LogP contribution in [0.3, 0.4) is 0 Å². The lowest BCUT2D eigenvalue weighted by atomic mass is 9.64. The summed E-state index contributed by atoms with van der Waals surface area (Å²) in [5.41, 5.74) is 0. The molecule has 2 saturated carbocycles. The molecule has 2 fully saturated rings. The van der Waals surface area contributed by atoms with Crippen LogP contribution in [0.15, 0.2) is 0 Å². The quantitative estimate of drug-likeness (QED) is 0.503. The van der Waals surface area contributed by atoms with Gasteiger partial charge in [-0.05, 0) is 25.2 Å². The largest absolute Gasteiger partial charge is 0.299 e. The van der Waals surface area contributed by atoms with Crippen molar-refractivity contribution in [3.8, 4) is 0 Å². The summed E-state index contributed by atoms with van der Waals surface area (Å²) in [7, 11) is 0. The molecular weight excluding hydrogens is 131 g/mol. The Morgan fingerprint density at radius 3 is 2.60 bits per heavy atom. The standard InChI is InChI=1S/C8H11FO/c9-7-3-4-8(10)6-2-1-5(6)7/h5-7H,1-4H2. The Bertz CT molecular complexity index is 167. The highest BCUT2D eigenvalue weighted by Crippen LogP contribution is 2.44. The summed E-state index contributed by atoms with van der Waals surface area (Å²) in [5, 5.41) is 0. The number of ketones is 1. The van der Waals surface area contributed by atoms with E-state index in [9.17, 15) is 9.18 Å². The van der Waals surface area contributed by atoms with Crippen LogP contribution < -0.4 is 0 Å². The highest BCUT2D eigenvalue weighted by Gasteiger charge is 2.44. The van der Waals surface area contributed by atoms with E-state index in [2.05, 4.69) is 0 Å². The van der Waals surface area contributed by atoms with E-state index in [0.717, 1.165) is 12.8 Å². The van der Waals surface area contributed by atoms with Crippen LogP contribution in [-0.4, -0.2) is 12.0 Å². The molecule has 0 aromatic rings. The maximum absolute atomic E-state index is 12.9. The second-order valence-corrected chi connectivity index (χ2v) is 3.37. The van der Waals surface area contributed by atoms with Crippen molar-refractivity contribution in [2.24, 2.45) is 11.8 Å². The van der Waals surface area contributed by atoms with Crippen molar-refractivity contribution in [1.29, 1.82) is 0 Å². The van der Waals surface area contributed by atoms with Gasteiger partial charge in [0.25, 0.3) is 0 Å². The molecule has 0 bridgehead atoms. The van der Waals surface area contributed by atoms with Crippen molar-refractivity contribution in [2.45, 2.75) is 31.9 Å². The van der Waals surface area contributed by atoms with Crippen molar-refractivity contribution in [1.82, 2.24) is 0 Å². The fourth-order valence-electron chi connectivity index (χ4n) is 2.04. The van der Waals surface area contributed by atoms with Gasteiger partial charge in [0.1, 0.15) is 12.0 Å². The van der Waals surface area contributed by atoms with Crippen LogP contribution in [0, 0.1) is 11.8 Å². The number of fused-ring (bicyclic) bond motifs is 1. The summed E-state index contributed by atoms with van der Waals surface area (Å²) < 4.78 is 12.9.